The first-order valence-electron chi connectivity index (χ1n) is 6.22. The number of nitrogens with zero attached hydrogens (tertiary/aromatic N) is 1. The fraction of sp³-hybridized carbons (Fsp3) is 0.500. The van der Waals surface area contributed by atoms with Gasteiger partial charge in [-0.1, -0.05) is 0 Å². The first-order chi connectivity index (χ1) is 8.95. The van der Waals surface area contributed by atoms with E-state index in [0.29, 0.717) is 24.3 Å². The van der Waals surface area contributed by atoms with E-state index in [1.54, 1.807) is 19.2 Å². The molecule has 0 bridgehead atoms. The maximum absolute atomic E-state index is 11.9. The van der Waals surface area contributed by atoms with Crippen LogP contribution in [0.1, 0.15) is 23.7 Å². The van der Waals surface area contributed by atoms with Crippen LogP contribution < -0.4 is 10.6 Å². The van der Waals surface area contributed by atoms with Crippen LogP contribution in [0.4, 0.5) is 11.4 Å². The molecule has 0 aromatic heterocycles. The SMILES string of the molecule is COCCC(C)OC(=O)c1ccc(N(C)C)c(N)c1. The molecule has 0 aliphatic heterocycles. The predicted molar refractivity (Wildman–Crippen MR) is 76.6 cm³/mol. The minimum absolute atomic E-state index is 0.179. The average Bonchev–Trinajstić information content (AvgIpc) is 2.35. The van der Waals surface area contributed by atoms with Gasteiger partial charge in [-0.15, -0.1) is 0 Å². The minimum Gasteiger partial charge on any atom is -0.459 e. The summed E-state index contributed by atoms with van der Waals surface area (Å²) < 4.78 is 10.2. The molecule has 1 aromatic carbocycles. The quantitative estimate of drug-likeness (QED) is 0.629. The molecule has 0 aliphatic rings. The topological polar surface area (TPSA) is 64.8 Å². The minimum atomic E-state index is -0.361. The molecule has 0 amide bonds. The Labute approximate surface area is 114 Å². The zero-order valence-corrected chi connectivity index (χ0v) is 12.0. The van der Waals surface area contributed by atoms with E-state index in [2.05, 4.69) is 0 Å². The van der Waals surface area contributed by atoms with Gasteiger partial charge < -0.3 is 20.1 Å². The largest absolute Gasteiger partial charge is 0.459 e. The summed E-state index contributed by atoms with van der Waals surface area (Å²) in [5, 5.41) is 0. The predicted octanol–water partition coefficient (Wildman–Crippen LogP) is 1.92. The lowest BCUT2D eigenvalue weighted by Gasteiger charge is -2.17. The number of nitrogens with two attached hydrogens (primary N) is 1. The Balaban J connectivity index is 2.70. The van der Waals surface area contributed by atoms with Crippen molar-refractivity contribution in [3.63, 3.8) is 0 Å². The van der Waals surface area contributed by atoms with Crippen molar-refractivity contribution in [1.82, 2.24) is 0 Å². The summed E-state index contributed by atoms with van der Waals surface area (Å²) in [6.07, 6.45) is 0.496. The normalized spacial score (nSPS) is 12.0. The van der Waals surface area contributed by atoms with Gasteiger partial charge in [0.05, 0.1) is 16.9 Å². The van der Waals surface area contributed by atoms with Crippen molar-refractivity contribution in [3.05, 3.63) is 23.8 Å². The van der Waals surface area contributed by atoms with Crippen LogP contribution in [0, 0.1) is 0 Å². The Kier molecular flexibility index (Phi) is 5.63. The highest BCUT2D eigenvalue weighted by atomic mass is 16.5. The van der Waals surface area contributed by atoms with E-state index >= 15 is 0 Å². The Morgan fingerprint density at radius 1 is 1.42 bits per heavy atom. The van der Waals surface area contributed by atoms with Gasteiger partial charge in [0.2, 0.25) is 0 Å². The van der Waals surface area contributed by atoms with Crippen LogP contribution in [0.2, 0.25) is 0 Å². The fourth-order valence-electron chi connectivity index (χ4n) is 1.68. The van der Waals surface area contributed by atoms with E-state index in [4.69, 9.17) is 15.2 Å². The molecule has 5 nitrogen and oxygen atoms in total. The molecule has 1 unspecified atom stereocenters. The van der Waals surface area contributed by atoms with E-state index in [1.807, 2.05) is 32.0 Å². The molecule has 0 fully saturated rings. The molecule has 0 aliphatic carbocycles. The number of methoxy groups -OCH3 is 1. The molecule has 0 saturated carbocycles. The Bertz CT molecular complexity index is 433. The van der Waals surface area contributed by atoms with E-state index in [1.165, 1.54) is 0 Å². The second-order valence-corrected chi connectivity index (χ2v) is 4.67. The molecule has 0 radical (unpaired) electrons. The standard InChI is InChI=1S/C14H22N2O3/c1-10(7-8-18-4)19-14(17)11-5-6-13(16(2)3)12(15)9-11/h5-6,9-10H,7-8,15H2,1-4H3. The molecular weight excluding hydrogens is 244 g/mol. The summed E-state index contributed by atoms with van der Waals surface area (Å²) in [7, 11) is 5.42. The van der Waals surface area contributed by atoms with Gasteiger partial charge in [0.25, 0.3) is 0 Å². The fourth-order valence-corrected chi connectivity index (χ4v) is 1.68. The van der Waals surface area contributed by atoms with E-state index in [9.17, 15) is 4.79 Å². The lowest BCUT2D eigenvalue weighted by molar-refractivity contribution is 0.0267. The van der Waals surface area contributed by atoms with Gasteiger partial charge in [-0.25, -0.2) is 4.79 Å². The van der Waals surface area contributed by atoms with Gasteiger partial charge in [-0.3, -0.25) is 0 Å². The monoisotopic (exact) mass is 266 g/mol. The number of rotatable bonds is 6. The van der Waals surface area contributed by atoms with Crippen LogP contribution in [0.25, 0.3) is 0 Å². The van der Waals surface area contributed by atoms with E-state index in [-0.39, 0.29) is 12.1 Å². The average molecular weight is 266 g/mol. The number of nitrogen functional groups attached to an aromatic ring is 1. The second kappa shape index (κ2) is 6.99. The van der Waals surface area contributed by atoms with Crippen molar-refractivity contribution in [1.29, 1.82) is 0 Å². The maximum Gasteiger partial charge on any atom is 0.338 e. The first-order valence-corrected chi connectivity index (χ1v) is 6.22. The summed E-state index contributed by atoms with van der Waals surface area (Å²) in [5.41, 5.74) is 7.80. The zero-order chi connectivity index (χ0) is 14.4. The molecular formula is C14H22N2O3. The Morgan fingerprint density at radius 2 is 2.11 bits per heavy atom. The van der Waals surface area contributed by atoms with E-state index < -0.39 is 0 Å². The van der Waals surface area contributed by atoms with Crippen molar-refractivity contribution in [2.45, 2.75) is 19.4 Å². The third-order valence-corrected chi connectivity index (χ3v) is 2.78. The summed E-state index contributed by atoms with van der Waals surface area (Å²) in [4.78, 5) is 13.8. The number of carbonyl (C=O) groups is 1. The number of ether oxygens (including phenoxy) is 2. The van der Waals surface area contributed by atoms with Crippen molar-refractivity contribution >= 4 is 17.3 Å². The number of hydrogen-bond donors (Lipinski definition) is 1. The van der Waals surface area contributed by atoms with Gasteiger partial charge >= 0.3 is 5.97 Å². The molecule has 1 rings (SSSR count). The molecule has 0 saturated heterocycles. The van der Waals surface area contributed by atoms with Gasteiger partial charge in [-0.05, 0) is 25.1 Å². The molecule has 1 aromatic rings. The number of benzene rings is 1. The summed E-state index contributed by atoms with van der Waals surface area (Å²) in [5.74, 6) is -0.361. The molecule has 5 heteroatoms. The maximum atomic E-state index is 11.9. The molecule has 0 spiro atoms. The van der Waals surface area contributed by atoms with Gasteiger partial charge in [0.1, 0.15) is 6.10 Å². The third-order valence-electron chi connectivity index (χ3n) is 2.78. The highest BCUT2D eigenvalue weighted by Gasteiger charge is 2.13. The molecule has 0 heterocycles. The number of hydrogen-bond acceptors (Lipinski definition) is 5. The summed E-state index contributed by atoms with van der Waals surface area (Å²) in [6.45, 7) is 2.41. The van der Waals surface area contributed by atoms with Gasteiger partial charge in [0.15, 0.2) is 0 Å². The molecule has 19 heavy (non-hydrogen) atoms. The molecule has 2 N–H and O–H groups in total. The Morgan fingerprint density at radius 3 is 2.63 bits per heavy atom. The zero-order valence-electron chi connectivity index (χ0n) is 12.0. The summed E-state index contributed by atoms with van der Waals surface area (Å²) in [6, 6.07) is 5.17. The number of esters is 1. The molecule has 1 atom stereocenters. The first kappa shape index (κ1) is 15.3. The second-order valence-electron chi connectivity index (χ2n) is 4.67. The van der Waals surface area contributed by atoms with Crippen molar-refractivity contribution in [2.75, 3.05) is 38.4 Å². The van der Waals surface area contributed by atoms with Crippen molar-refractivity contribution < 1.29 is 14.3 Å². The van der Waals surface area contributed by atoms with E-state index in [0.717, 1.165) is 5.69 Å². The summed E-state index contributed by atoms with van der Waals surface area (Å²) >= 11 is 0. The van der Waals surface area contributed by atoms with Crippen LogP contribution >= 0.6 is 0 Å². The lowest BCUT2D eigenvalue weighted by Crippen LogP contribution is -2.17. The van der Waals surface area contributed by atoms with Gasteiger partial charge in [0, 0.05) is 34.2 Å². The van der Waals surface area contributed by atoms with Gasteiger partial charge in [-0.2, -0.15) is 0 Å². The smallest absolute Gasteiger partial charge is 0.338 e. The van der Waals surface area contributed by atoms with Crippen LogP contribution in [0.3, 0.4) is 0 Å². The highest BCUT2D eigenvalue weighted by Crippen LogP contribution is 2.22. The number of anilines is 2. The van der Waals surface area contributed by atoms with Crippen LogP contribution in [0.5, 0.6) is 0 Å². The third kappa shape index (κ3) is 4.44. The number of carbonyl (C=O) groups excluding carboxylic acids is 1. The van der Waals surface area contributed by atoms with Crippen molar-refractivity contribution in [2.24, 2.45) is 0 Å². The molecule has 106 valence electrons. The van der Waals surface area contributed by atoms with Crippen LogP contribution in [-0.4, -0.2) is 39.9 Å². The van der Waals surface area contributed by atoms with Crippen molar-refractivity contribution in [3.8, 4) is 0 Å². The Hall–Kier alpha value is -1.75. The highest BCUT2D eigenvalue weighted by molar-refractivity contribution is 5.92. The lowest BCUT2D eigenvalue weighted by atomic mass is 10.1. The van der Waals surface area contributed by atoms with Crippen LogP contribution in [-0.2, 0) is 9.47 Å². The van der Waals surface area contributed by atoms with Crippen LogP contribution in [0.15, 0.2) is 18.2 Å².